The van der Waals surface area contributed by atoms with Crippen LogP contribution >= 0.6 is 0 Å². The molecule has 0 amide bonds. The van der Waals surface area contributed by atoms with Crippen LogP contribution in [0.1, 0.15) is 80.0 Å². The number of rotatable bonds is 1. The summed E-state index contributed by atoms with van der Waals surface area (Å²) in [6.45, 7) is 4.20. The number of benzene rings is 2. The van der Waals surface area contributed by atoms with Gasteiger partial charge in [0.2, 0.25) is 0 Å². The van der Waals surface area contributed by atoms with Gasteiger partial charge in [0.05, 0.1) is 0 Å². The third-order valence-electron chi connectivity index (χ3n) is 7.84. The summed E-state index contributed by atoms with van der Waals surface area (Å²) in [7, 11) is 0. The molecule has 0 aromatic heterocycles. The first-order valence-electron chi connectivity index (χ1n) is 11.2. The Balaban J connectivity index is 1.76. The van der Waals surface area contributed by atoms with Gasteiger partial charge in [0.25, 0.3) is 0 Å². The highest BCUT2D eigenvalue weighted by molar-refractivity contribution is 5.51. The first kappa shape index (κ1) is 18.1. The topological polar surface area (TPSA) is 29.5 Å². The fourth-order valence-electron chi connectivity index (χ4n) is 6.67. The molecule has 0 bridgehead atoms. The second-order valence-electron chi connectivity index (χ2n) is 9.53. The average Bonchev–Trinajstić information content (AvgIpc) is 2.68. The molecule has 1 heterocycles. The first-order valence-corrected chi connectivity index (χ1v) is 11.2. The van der Waals surface area contributed by atoms with Gasteiger partial charge in [0, 0.05) is 22.5 Å². The van der Waals surface area contributed by atoms with Crippen LogP contribution in [0.3, 0.4) is 0 Å². The summed E-state index contributed by atoms with van der Waals surface area (Å²) in [5.41, 5.74) is 4.60. The van der Waals surface area contributed by atoms with Crippen LogP contribution in [0.4, 0.5) is 0 Å². The highest BCUT2D eigenvalue weighted by Crippen LogP contribution is 2.63. The van der Waals surface area contributed by atoms with Crippen molar-refractivity contribution in [3.63, 3.8) is 0 Å². The molecular weight excluding hydrogens is 344 g/mol. The predicted molar refractivity (Wildman–Crippen MR) is 113 cm³/mol. The van der Waals surface area contributed by atoms with Crippen molar-refractivity contribution in [2.45, 2.75) is 82.7 Å². The summed E-state index contributed by atoms with van der Waals surface area (Å²) in [5, 5.41) is 11.0. The van der Waals surface area contributed by atoms with E-state index in [4.69, 9.17) is 4.74 Å². The number of phenolic OH excluding ortho intramolecular Hbond substituents is 1. The van der Waals surface area contributed by atoms with Gasteiger partial charge in [-0.25, -0.2) is 0 Å². The Morgan fingerprint density at radius 2 is 1.50 bits per heavy atom. The fourth-order valence-corrected chi connectivity index (χ4v) is 6.67. The maximum Gasteiger partial charge on any atom is 0.141 e. The second-order valence-corrected chi connectivity index (χ2v) is 9.53. The largest absolute Gasteiger partial charge is 0.508 e. The minimum absolute atomic E-state index is 0.192. The molecular formula is C26H32O2. The number of aromatic hydroxyl groups is 1. The van der Waals surface area contributed by atoms with Gasteiger partial charge < -0.3 is 9.84 Å². The van der Waals surface area contributed by atoms with Crippen LogP contribution in [0.25, 0.3) is 0 Å². The molecule has 2 unspecified atom stereocenters. The van der Waals surface area contributed by atoms with Gasteiger partial charge >= 0.3 is 0 Å². The van der Waals surface area contributed by atoms with Crippen LogP contribution in [0.5, 0.6) is 11.5 Å². The van der Waals surface area contributed by atoms with Gasteiger partial charge in [0.15, 0.2) is 0 Å². The van der Waals surface area contributed by atoms with Crippen molar-refractivity contribution in [2.75, 3.05) is 0 Å². The Bertz CT molecular complexity index is 893. The number of aryl methyl sites for hydroxylation is 2. The number of hydrogen-bond acceptors (Lipinski definition) is 2. The molecule has 1 spiro atoms. The van der Waals surface area contributed by atoms with E-state index in [2.05, 4.69) is 37.3 Å². The Morgan fingerprint density at radius 1 is 0.821 bits per heavy atom. The maximum atomic E-state index is 11.0. The van der Waals surface area contributed by atoms with Gasteiger partial charge in [0.1, 0.15) is 17.1 Å². The van der Waals surface area contributed by atoms with E-state index in [1.165, 1.54) is 62.5 Å². The molecule has 2 aliphatic carbocycles. The van der Waals surface area contributed by atoms with Crippen molar-refractivity contribution in [3.05, 3.63) is 58.7 Å². The first-order chi connectivity index (χ1) is 13.6. The summed E-state index contributed by atoms with van der Waals surface area (Å²) in [6.07, 6.45) is 11.1. The number of phenols is 1. The van der Waals surface area contributed by atoms with Crippen LogP contribution in [0.2, 0.25) is 0 Å². The van der Waals surface area contributed by atoms with Crippen molar-refractivity contribution in [3.8, 4) is 11.5 Å². The molecule has 0 saturated heterocycles. The predicted octanol–water partition coefficient (Wildman–Crippen LogP) is 6.69. The summed E-state index contributed by atoms with van der Waals surface area (Å²) in [6, 6.07) is 13.0. The Morgan fingerprint density at radius 3 is 2.25 bits per heavy atom. The van der Waals surface area contributed by atoms with E-state index in [1.807, 2.05) is 13.0 Å². The molecule has 1 N–H and O–H groups in total. The minimum Gasteiger partial charge on any atom is -0.508 e. The van der Waals surface area contributed by atoms with E-state index in [0.29, 0.717) is 11.7 Å². The lowest BCUT2D eigenvalue weighted by Crippen LogP contribution is -2.57. The van der Waals surface area contributed by atoms with Gasteiger partial charge in [-0.2, -0.15) is 0 Å². The fraction of sp³-hybridized carbons (Fsp3) is 0.538. The smallest absolute Gasteiger partial charge is 0.141 e. The molecule has 2 atom stereocenters. The van der Waals surface area contributed by atoms with Crippen LogP contribution in [0.15, 0.2) is 36.4 Å². The molecule has 3 aliphatic rings. The van der Waals surface area contributed by atoms with Gasteiger partial charge in [-0.15, -0.1) is 0 Å². The third kappa shape index (κ3) is 2.53. The van der Waals surface area contributed by atoms with E-state index in [1.54, 1.807) is 0 Å². The lowest BCUT2D eigenvalue weighted by Gasteiger charge is -2.58. The highest BCUT2D eigenvalue weighted by Gasteiger charge is 2.59. The second kappa shape index (κ2) is 6.54. The van der Waals surface area contributed by atoms with Crippen LogP contribution in [-0.4, -0.2) is 5.11 Å². The lowest BCUT2D eigenvalue weighted by molar-refractivity contribution is -0.0959. The van der Waals surface area contributed by atoms with Gasteiger partial charge in [-0.1, -0.05) is 49.9 Å². The summed E-state index contributed by atoms with van der Waals surface area (Å²) in [5.74, 6) is 1.92. The molecule has 2 fully saturated rings. The van der Waals surface area contributed by atoms with Crippen LogP contribution in [-0.2, 0) is 11.0 Å². The minimum atomic E-state index is -0.395. The van der Waals surface area contributed by atoms with Crippen LogP contribution < -0.4 is 4.74 Å². The molecule has 2 aromatic rings. The number of hydrogen-bond donors (Lipinski definition) is 1. The highest BCUT2D eigenvalue weighted by atomic mass is 16.5. The molecule has 2 heteroatoms. The van der Waals surface area contributed by atoms with Gasteiger partial charge in [-0.05, 0) is 69.2 Å². The van der Waals surface area contributed by atoms with E-state index < -0.39 is 5.60 Å². The Kier molecular flexibility index (Phi) is 4.23. The standard InChI is InChI=1S/C26H32O2/c1-18-9-11-20(22(27)16-18)26-15-7-4-8-24(26)25(13-5-3-6-14-25)21-12-10-19(2)17-23(21)28-26/h9-12,16-17,24,27H,3-8,13-15H2,1-2H3. The van der Waals surface area contributed by atoms with E-state index in [0.717, 1.165) is 23.3 Å². The molecule has 2 saturated carbocycles. The lowest BCUT2D eigenvalue weighted by atomic mass is 9.51. The summed E-state index contributed by atoms with van der Waals surface area (Å²) in [4.78, 5) is 0. The SMILES string of the molecule is Cc1ccc(C23CCCCC2C2(CCCCC2)c2ccc(C)cc2O3)c(O)c1. The maximum absolute atomic E-state index is 11.0. The molecule has 28 heavy (non-hydrogen) atoms. The zero-order valence-electron chi connectivity index (χ0n) is 17.3. The Labute approximate surface area is 168 Å². The summed E-state index contributed by atoms with van der Waals surface area (Å²) >= 11 is 0. The van der Waals surface area contributed by atoms with E-state index in [-0.39, 0.29) is 5.41 Å². The van der Waals surface area contributed by atoms with Crippen LogP contribution in [0, 0.1) is 19.8 Å². The molecule has 0 radical (unpaired) electrons. The number of ether oxygens (including phenoxy) is 1. The van der Waals surface area contributed by atoms with Crippen molar-refractivity contribution < 1.29 is 9.84 Å². The third-order valence-corrected chi connectivity index (χ3v) is 7.84. The average molecular weight is 377 g/mol. The monoisotopic (exact) mass is 376 g/mol. The molecule has 148 valence electrons. The molecule has 2 nitrogen and oxygen atoms in total. The molecule has 1 aliphatic heterocycles. The van der Waals surface area contributed by atoms with E-state index >= 15 is 0 Å². The molecule has 5 rings (SSSR count). The molecule has 2 aromatic carbocycles. The van der Waals surface area contributed by atoms with Crippen molar-refractivity contribution in [2.24, 2.45) is 5.92 Å². The normalized spacial score (nSPS) is 28.3. The zero-order chi connectivity index (χ0) is 19.4. The quantitative estimate of drug-likeness (QED) is 0.601. The summed E-state index contributed by atoms with van der Waals surface area (Å²) < 4.78 is 6.98. The van der Waals surface area contributed by atoms with Gasteiger partial charge in [-0.3, -0.25) is 0 Å². The van der Waals surface area contributed by atoms with E-state index in [9.17, 15) is 5.11 Å². The van der Waals surface area contributed by atoms with Crippen molar-refractivity contribution >= 4 is 0 Å². The van der Waals surface area contributed by atoms with Crippen molar-refractivity contribution in [1.29, 1.82) is 0 Å². The number of fused-ring (bicyclic) bond motifs is 4. The zero-order valence-corrected chi connectivity index (χ0v) is 17.3. The van der Waals surface area contributed by atoms with Crippen molar-refractivity contribution in [1.82, 2.24) is 0 Å². The Hall–Kier alpha value is -1.96.